The van der Waals surface area contributed by atoms with E-state index in [0.29, 0.717) is 24.8 Å². The summed E-state index contributed by atoms with van der Waals surface area (Å²) in [7, 11) is 1.77. The first-order chi connectivity index (χ1) is 9.93. The van der Waals surface area contributed by atoms with Crippen molar-refractivity contribution < 1.29 is 9.53 Å². The van der Waals surface area contributed by atoms with Gasteiger partial charge < -0.3 is 15.0 Å². The molecule has 0 fully saturated rings. The number of ether oxygens (including phenoxy) is 1. The number of nitrogens with zero attached hydrogens (tertiary/aromatic N) is 2. The zero-order valence-corrected chi connectivity index (χ0v) is 13.8. The zero-order chi connectivity index (χ0) is 15.8. The first-order valence-electron chi connectivity index (χ1n) is 7.48. The summed E-state index contributed by atoms with van der Waals surface area (Å²) in [4.78, 5) is 17.9. The van der Waals surface area contributed by atoms with Gasteiger partial charge in [0.15, 0.2) is 6.61 Å². The summed E-state index contributed by atoms with van der Waals surface area (Å²) in [5, 5.41) is 3.35. The molecule has 5 heteroatoms. The first kappa shape index (κ1) is 17.4. The predicted octanol–water partition coefficient (Wildman–Crippen LogP) is 1.99. The summed E-state index contributed by atoms with van der Waals surface area (Å²) in [5.74, 6) is 1.23. The quantitative estimate of drug-likeness (QED) is 0.796. The third-order valence-electron chi connectivity index (χ3n) is 3.17. The Bertz CT molecular complexity index is 461. The van der Waals surface area contributed by atoms with E-state index in [9.17, 15) is 4.79 Å². The van der Waals surface area contributed by atoms with Crippen LogP contribution in [0.3, 0.4) is 0 Å². The highest BCUT2D eigenvalue weighted by molar-refractivity contribution is 5.77. The molecule has 0 aliphatic carbocycles. The molecule has 0 aliphatic rings. The predicted molar refractivity (Wildman–Crippen MR) is 84.3 cm³/mol. The van der Waals surface area contributed by atoms with Gasteiger partial charge in [-0.15, -0.1) is 0 Å². The SMILES string of the molecule is CCN(C)C(=O)COc1ccc(C)nc1CNCC(C)C. The molecular formula is C16H27N3O2. The summed E-state index contributed by atoms with van der Waals surface area (Å²) in [5.41, 5.74) is 1.79. The van der Waals surface area contributed by atoms with E-state index < -0.39 is 0 Å². The standard InChI is InChI=1S/C16H27N3O2/c1-6-19(5)16(20)11-21-15-8-7-13(4)18-14(15)10-17-9-12(2)3/h7-8,12,17H,6,9-11H2,1-5H3. The van der Waals surface area contributed by atoms with E-state index >= 15 is 0 Å². The Morgan fingerprint density at radius 1 is 1.43 bits per heavy atom. The second-order valence-electron chi connectivity index (χ2n) is 5.62. The first-order valence-corrected chi connectivity index (χ1v) is 7.48. The summed E-state index contributed by atoms with van der Waals surface area (Å²) in [6, 6.07) is 3.78. The van der Waals surface area contributed by atoms with E-state index in [2.05, 4.69) is 24.1 Å². The van der Waals surface area contributed by atoms with Crippen LogP contribution in [-0.4, -0.2) is 42.5 Å². The van der Waals surface area contributed by atoms with Crippen molar-refractivity contribution in [3.63, 3.8) is 0 Å². The molecule has 0 saturated heterocycles. The third-order valence-corrected chi connectivity index (χ3v) is 3.17. The highest BCUT2D eigenvalue weighted by Gasteiger charge is 2.11. The number of rotatable bonds is 8. The molecule has 0 aliphatic heterocycles. The van der Waals surface area contributed by atoms with Crippen molar-refractivity contribution in [2.45, 2.75) is 34.2 Å². The Kier molecular flexibility index (Phi) is 7.15. The maximum Gasteiger partial charge on any atom is 0.260 e. The van der Waals surface area contributed by atoms with Gasteiger partial charge >= 0.3 is 0 Å². The van der Waals surface area contributed by atoms with Gasteiger partial charge in [-0.25, -0.2) is 0 Å². The molecule has 21 heavy (non-hydrogen) atoms. The van der Waals surface area contributed by atoms with Gasteiger partial charge in [0.05, 0.1) is 5.69 Å². The van der Waals surface area contributed by atoms with E-state index in [0.717, 1.165) is 17.9 Å². The molecule has 118 valence electrons. The molecule has 0 spiro atoms. The molecule has 1 rings (SSSR count). The summed E-state index contributed by atoms with van der Waals surface area (Å²) >= 11 is 0. The number of hydrogen-bond donors (Lipinski definition) is 1. The van der Waals surface area contributed by atoms with Crippen LogP contribution in [0.25, 0.3) is 0 Å². The minimum atomic E-state index is -0.0286. The average Bonchev–Trinajstić information content (AvgIpc) is 2.44. The molecule has 0 radical (unpaired) electrons. The highest BCUT2D eigenvalue weighted by atomic mass is 16.5. The van der Waals surface area contributed by atoms with Crippen molar-refractivity contribution in [2.75, 3.05) is 26.7 Å². The largest absolute Gasteiger partial charge is 0.482 e. The van der Waals surface area contributed by atoms with Crippen LogP contribution in [0, 0.1) is 12.8 Å². The number of aromatic nitrogens is 1. The van der Waals surface area contributed by atoms with Crippen LogP contribution in [0.4, 0.5) is 0 Å². The molecule has 5 nitrogen and oxygen atoms in total. The number of pyridine rings is 1. The van der Waals surface area contributed by atoms with Crippen molar-refractivity contribution in [2.24, 2.45) is 5.92 Å². The maximum atomic E-state index is 11.8. The van der Waals surface area contributed by atoms with E-state index in [1.165, 1.54) is 0 Å². The number of likely N-dealkylation sites (N-methyl/N-ethyl adjacent to an activating group) is 1. The van der Waals surface area contributed by atoms with Gasteiger partial charge in [0, 0.05) is 25.8 Å². The van der Waals surface area contributed by atoms with Gasteiger partial charge in [-0.3, -0.25) is 9.78 Å². The number of carbonyl (C=O) groups is 1. The number of nitrogens with one attached hydrogen (secondary N) is 1. The fourth-order valence-corrected chi connectivity index (χ4v) is 1.76. The molecule has 1 aromatic rings. The number of carbonyl (C=O) groups excluding carboxylic acids is 1. The number of aryl methyl sites for hydroxylation is 1. The van der Waals surface area contributed by atoms with Crippen molar-refractivity contribution in [1.29, 1.82) is 0 Å². The van der Waals surface area contributed by atoms with Gasteiger partial charge in [-0.2, -0.15) is 0 Å². The highest BCUT2D eigenvalue weighted by Crippen LogP contribution is 2.17. The normalized spacial score (nSPS) is 10.8. The van der Waals surface area contributed by atoms with E-state index in [1.54, 1.807) is 11.9 Å². The van der Waals surface area contributed by atoms with Gasteiger partial charge in [0.1, 0.15) is 5.75 Å². The lowest BCUT2D eigenvalue weighted by Gasteiger charge is -2.16. The van der Waals surface area contributed by atoms with Crippen LogP contribution in [0.15, 0.2) is 12.1 Å². The fourth-order valence-electron chi connectivity index (χ4n) is 1.76. The Balaban J connectivity index is 2.66. The molecule has 0 saturated carbocycles. The Labute approximate surface area is 127 Å². The van der Waals surface area contributed by atoms with Crippen LogP contribution in [-0.2, 0) is 11.3 Å². The summed E-state index contributed by atoms with van der Waals surface area (Å²) in [6.45, 7) is 10.5. The number of hydrogen-bond acceptors (Lipinski definition) is 4. The molecule has 0 atom stereocenters. The Hall–Kier alpha value is -1.62. The van der Waals surface area contributed by atoms with E-state index in [4.69, 9.17) is 4.74 Å². The molecule has 0 bridgehead atoms. The fraction of sp³-hybridized carbons (Fsp3) is 0.625. The smallest absolute Gasteiger partial charge is 0.260 e. The summed E-state index contributed by atoms with van der Waals surface area (Å²) in [6.07, 6.45) is 0. The van der Waals surface area contributed by atoms with Crippen molar-refractivity contribution in [1.82, 2.24) is 15.2 Å². The summed E-state index contributed by atoms with van der Waals surface area (Å²) < 4.78 is 5.64. The van der Waals surface area contributed by atoms with Crippen LogP contribution in [0.1, 0.15) is 32.2 Å². The monoisotopic (exact) mass is 293 g/mol. The van der Waals surface area contributed by atoms with Crippen molar-refractivity contribution in [3.8, 4) is 5.75 Å². The van der Waals surface area contributed by atoms with E-state index in [1.807, 2.05) is 26.0 Å². The second kappa shape index (κ2) is 8.62. The Morgan fingerprint density at radius 2 is 2.14 bits per heavy atom. The second-order valence-corrected chi connectivity index (χ2v) is 5.62. The lowest BCUT2D eigenvalue weighted by atomic mass is 10.2. The lowest BCUT2D eigenvalue weighted by molar-refractivity contribution is -0.131. The van der Waals surface area contributed by atoms with Crippen LogP contribution in [0.2, 0.25) is 0 Å². The van der Waals surface area contributed by atoms with Crippen molar-refractivity contribution >= 4 is 5.91 Å². The molecule has 1 aromatic heterocycles. The van der Waals surface area contributed by atoms with Crippen LogP contribution in [0.5, 0.6) is 5.75 Å². The minimum Gasteiger partial charge on any atom is -0.482 e. The van der Waals surface area contributed by atoms with E-state index in [-0.39, 0.29) is 12.5 Å². The van der Waals surface area contributed by atoms with Gasteiger partial charge in [-0.1, -0.05) is 13.8 Å². The molecule has 1 N–H and O–H groups in total. The topological polar surface area (TPSA) is 54.5 Å². The third kappa shape index (κ3) is 6.12. The van der Waals surface area contributed by atoms with Crippen molar-refractivity contribution in [3.05, 3.63) is 23.5 Å². The molecular weight excluding hydrogens is 266 g/mol. The van der Waals surface area contributed by atoms with Crippen LogP contribution < -0.4 is 10.1 Å². The van der Waals surface area contributed by atoms with Crippen LogP contribution >= 0.6 is 0 Å². The Morgan fingerprint density at radius 3 is 2.76 bits per heavy atom. The van der Waals surface area contributed by atoms with Gasteiger partial charge in [0.2, 0.25) is 0 Å². The van der Waals surface area contributed by atoms with Gasteiger partial charge in [-0.05, 0) is 38.4 Å². The zero-order valence-electron chi connectivity index (χ0n) is 13.8. The van der Waals surface area contributed by atoms with Gasteiger partial charge in [0.25, 0.3) is 5.91 Å². The average molecular weight is 293 g/mol. The molecule has 0 aromatic carbocycles. The number of amides is 1. The molecule has 1 amide bonds. The molecule has 0 unspecified atom stereocenters. The lowest BCUT2D eigenvalue weighted by Crippen LogP contribution is -2.31. The maximum absolute atomic E-state index is 11.8. The molecule has 1 heterocycles. The minimum absolute atomic E-state index is 0.0286.